The first-order valence-corrected chi connectivity index (χ1v) is 11.0. The summed E-state index contributed by atoms with van der Waals surface area (Å²) in [6.07, 6.45) is 3.22. The number of halogens is 3. The summed E-state index contributed by atoms with van der Waals surface area (Å²) >= 11 is 8.07. The average molecular weight is 459 g/mol. The first kappa shape index (κ1) is 20.1. The SMILES string of the molecule is O=c1c(Cl)c(N2CCC(c3nc4ccccc4s3)CC2)cnn1-c1ccc(F)cc1F. The highest BCUT2D eigenvalue weighted by Crippen LogP contribution is 2.35. The predicted octanol–water partition coefficient (Wildman–Crippen LogP) is 5.16. The fraction of sp³-hybridized carbons (Fsp3) is 0.227. The van der Waals surface area contributed by atoms with Crippen molar-refractivity contribution in [2.45, 2.75) is 18.8 Å². The lowest BCUT2D eigenvalue weighted by atomic mass is 9.97. The smallest absolute Gasteiger partial charge is 0.292 e. The molecule has 2 aromatic heterocycles. The van der Waals surface area contributed by atoms with Gasteiger partial charge in [-0.1, -0.05) is 23.7 Å². The molecule has 0 amide bonds. The Bertz CT molecular complexity index is 1300. The van der Waals surface area contributed by atoms with Crippen LogP contribution in [0, 0.1) is 11.6 Å². The lowest BCUT2D eigenvalue weighted by molar-refractivity contribution is 0.503. The molecule has 0 atom stereocenters. The first-order chi connectivity index (χ1) is 15.0. The largest absolute Gasteiger partial charge is 0.369 e. The van der Waals surface area contributed by atoms with Crippen molar-refractivity contribution >= 4 is 38.8 Å². The van der Waals surface area contributed by atoms with Gasteiger partial charge in [-0.2, -0.15) is 9.78 Å². The standard InChI is InChI=1S/C22H17ClF2N4OS/c23-20-18(12-26-29(22(20)30)17-6-5-14(24)11-15(17)25)28-9-7-13(8-10-28)21-27-16-3-1-2-4-19(16)31-21/h1-6,11-13H,7-10H2. The normalized spacial score (nSPS) is 15.0. The highest BCUT2D eigenvalue weighted by atomic mass is 35.5. The minimum absolute atomic E-state index is 0.0304. The second-order valence-corrected chi connectivity index (χ2v) is 8.88. The van der Waals surface area contributed by atoms with Crippen molar-refractivity contribution in [1.82, 2.24) is 14.8 Å². The number of rotatable bonds is 3. The summed E-state index contributed by atoms with van der Waals surface area (Å²) in [5, 5.41) is 5.19. The number of thiazole rings is 1. The number of fused-ring (bicyclic) bond motifs is 1. The molecule has 5 nitrogen and oxygen atoms in total. The van der Waals surface area contributed by atoms with E-state index in [4.69, 9.17) is 16.6 Å². The number of aromatic nitrogens is 3. The number of hydrogen-bond acceptors (Lipinski definition) is 5. The molecule has 0 saturated carbocycles. The Morgan fingerprint density at radius 2 is 1.84 bits per heavy atom. The third-order valence-corrected chi connectivity index (χ3v) is 7.09. The van der Waals surface area contributed by atoms with E-state index >= 15 is 0 Å². The van der Waals surface area contributed by atoms with Gasteiger partial charge in [0.1, 0.15) is 16.5 Å². The molecule has 0 bridgehead atoms. The Morgan fingerprint density at radius 3 is 2.58 bits per heavy atom. The van der Waals surface area contributed by atoms with Crippen LogP contribution in [0.25, 0.3) is 15.9 Å². The van der Waals surface area contributed by atoms with E-state index in [0.717, 1.165) is 34.1 Å². The van der Waals surface area contributed by atoms with Gasteiger partial charge in [0.25, 0.3) is 5.56 Å². The summed E-state index contributed by atoms with van der Waals surface area (Å²) < 4.78 is 29.3. The van der Waals surface area contributed by atoms with Crippen LogP contribution in [-0.4, -0.2) is 27.9 Å². The second kappa shape index (κ2) is 8.01. The van der Waals surface area contributed by atoms with Crippen LogP contribution in [0.4, 0.5) is 14.5 Å². The van der Waals surface area contributed by atoms with E-state index in [1.165, 1.54) is 17.0 Å². The number of para-hydroxylation sites is 1. The zero-order valence-corrected chi connectivity index (χ0v) is 17.8. The molecule has 9 heteroatoms. The van der Waals surface area contributed by atoms with E-state index in [2.05, 4.69) is 11.2 Å². The molecule has 1 aliphatic heterocycles. The number of hydrogen-bond donors (Lipinski definition) is 0. The van der Waals surface area contributed by atoms with Gasteiger partial charge in [0.2, 0.25) is 0 Å². The Kier molecular flexibility index (Phi) is 5.19. The summed E-state index contributed by atoms with van der Waals surface area (Å²) in [4.78, 5) is 19.5. The van der Waals surface area contributed by atoms with Gasteiger partial charge in [-0.3, -0.25) is 4.79 Å². The number of benzene rings is 2. The van der Waals surface area contributed by atoms with Gasteiger partial charge in [-0.05, 0) is 37.1 Å². The molecule has 0 aliphatic carbocycles. The quantitative estimate of drug-likeness (QED) is 0.425. The molecule has 5 rings (SSSR count). The molecule has 0 spiro atoms. The third kappa shape index (κ3) is 3.70. The second-order valence-electron chi connectivity index (χ2n) is 7.44. The van der Waals surface area contributed by atoms with Crippen molar-refractivity contribution in [3.63, 3.8) is 0 Å². The maximum Gasteiger partial charge on any atom is 0.292 e. The molecule has 1 fully saturated rings. The van der Waals surface area contributed by atoms with E-state index in [0.29, 0.717) is 30.8 Å². The monoisotopic (exact) mass is 458 g/mol. The molecule has 3 heterocycles. The Balaban J connectivity index is 1.36. The molecule has 31 heavy (non-hydrogen) atoms. The minimum Gasteiger partial charge on any atom is -0.369 e. The summed E-state index contributed by atoms with van der Waals surface area (Å²) in [6.45, 7) is 1.41. The highest BCUT2D eigenvalue weighted by molar-refractivity contribution is 7.18. The van der Waals surface area contributed by atoms with E-state index in [1.54, 1.807) is 11.3 Å². The van der Waals surface area contributed by atoms with Crippen LogP contribution < -0.4 is 10.5 Å². The van der Waals surface area contributed by atoms with Gasteiger partial charge in [0.05, 0.1) is 27.1 Å². The molecule has 1 saturated heterocycles. The van der Waals surface area contributed by atoms with Crippen molar-refractivity contribution in [3.8, 4) is 5.69 Å². The fourth-order valence-electron chi connectivity index (χ4n) is 3.90. The van der Waals surface area contributed by atoms with Gasteiger partial charge in [0, 0.05) is 25.1 Å². The lowest BCUT2D eigenvalue weighted by Crippen LogP contribution is -2.35. The van der Waals surface area contributed by atoms with E-state index in [9.17, 15) is 13.6 Å². The number of piperidine rings is 1. The van der Waals surface area contributed by atoms with Crippen molar-refractivity contribution in [1.29, 1.82) is 0 Å². The fourth-order valence-corrected chi connectivity index (χ4v) is 5.29. The van der Waals surface area contributed by atoms with Crippen molar-refractivity contribution in [3.05, 3.63) is 80.7 Å². The minimum atomic E-state index is -0.880. The number of nitrogens with zero attached hydrogens (tertiary/aromatic N) is 4. The Hall–Kier alpha value is -2.84. The molecule has 158 valence electrons. The van der Waals surface area contributed by atoms with Gasteiger partial charge in [-0.15, -0.1) is 11.3 Å². The molecule has 4 aromatic rings. The maximum absolute atomic E-state index is 14.1. The van der Waals surface area contributed by atoms with Gasteiger partial charge in [-0.25, -0.2) is 13.8 Å². The van der Waals surface area contributed by atoms with E-state index in [1.807, 2.05) is 23.1 Å². The van der Waals surface area contributed by atoms with Crippen LogP contribution in [0.1, 0.15) is 23.8 Å². The maximum atomic E-state index is 14.1. The third-order valence-electron chi connectivity index (χ3n) is 5.53. The molecule has 0 radical (unpaired) electrons. The van der Waals surface area contributed by atoms with Crippen LogP contribution in [0.3, 0.4) is 0 Å². The first-order valence-electron chi connectivity index (χ1n) is 9.85. The molecule has 0 unspecified atom stereocenters. The summed E-state index contributed by atoms with van der Waals surface area (Å²) in [5.74, 6) is -1.25. The zero-order valence-electron chi connectivity index (χ0n) is 16.3. The van der Waals surface area contributed by atoms with Crippen molar-refractivity contribution < 1.29 is 8.78 Å². The molecule has 1 aliphatic rings. The predicted molar refractivity (Wildman–Crippen MR) is 119 cm³/mol. The van der Waals surface area contributed by atoms with Gasteiger partial charge in [0.15, 0.2) is 5.82 Å². The Labute approximate surface area is 185 Å². The molecular weight excluding hydrogens is 442 g/mol. The van der Waals surface area contributed by atoms with E-state index in [-0.39, 0.29) is 10.7 Å². The molecule has 0 N–H and O–H groups in total. The van der Waals surface area contributed by atoms with Gasteiger partial charge >= 0.3 is 0 Å². The van der Waals surface area contributed by atoms with Crippen LogP contribution in [0.2, 0.25) is 5.02 Å². The summed E-state index contributed by atoms with van der Waals surface area (Å²) in [5.41, 5.74) is 0.759. The molecular formula is C22H17ClF2N4OS. The lowest BCUT2D eigenvalue weighted by Gasteiger charge is -2.33. The Morgan fingerprint density at radius 1 is 1.06 bits per heavy atom. The highest BCUT2D eigenvalue weighted by Gasteiger charge is 2.26. The summed E-state index contributed by atoms with van der Waals surface area (Å²) in [6, 6.07) is 11.0. The van der Waals surface area contributed by atoms with Crippen molar-refractivity contribution in [2.24, 2.45) is 0 Å². The number of anilines is 1. The van der Waals surface area contributed by atoms with Crippen molar-refractivity contribution in [2.75, 3.05) is 18.0 Å². The van der Waals surface area contributed by atoms with Crippen LogP contribution >= 0.6 is 22.9 Å². The average Bonchev–Trinajstić information content (AvgIpc) is 3.21. The van der Waals surface area contributed by atoms with Crippen LogP contribution in [0.15, 0.2) is 53.5 Å². The topological polar surface area (TPSA) is 51.0 Å². The van der Waals surface area contributed by atoms with Crippen LogP contribution in [-0.2, 0) is 0 Å². The van der Waals surface area contributed by atoms with E-state index < -0.39 is 17.2 Å². The zero-order chi connectivity index (χ0) is 21.5. The van der Waals surface area contributed by atoms with Gasteiger partial charge < -0.3 is 4.90 Å². The summed E-state index contributed by atoms with van der Waals surface area (Å²) in [7, 11) is 0. The van der Waals surface area contributed by atoms with Crippen LogP contribution in [0.5, 0.6) is 0 Å². The molecule has 2 aromatic carbocycles.